The molecule has 0 saturated carbocycles. The van der Waals surface area contributed by atoms with Crippen molar-refractivity contribution in [1.29, 1.82) is 0 Å². The van der Waals surface area contributed by atoms with Gasteiger partial charge in [-0.1, -0.05) is 135 Å². The first-order chi connectivity index (χ1) is 29.7. The summed E-state index contributed by atoms with van der Waals surface area (Å²) in [5, 5.41) is -2.12. The van der Waals surface area contributed by atoms with E-state index in [0.717, 1.165) is 22.3 Å². The van der Waals surface area contributed by atoms with E-state index in [2.05, 4.69) is 0 Å². The fourth-order valence-electron chi connectivity index (χ4n) is 7.10. The molecule has 0 fully saturated rings. The lowest BCUT2D eigenvalue weighted by Crippen LogP contribution is -2.14. The fourth-order valence-corrected chi connectivity index (χ4v) is 7.10. The zero-order valence-corrected chi connectivity index (χ0v) is 24.4. The van der Waals surface area contributed by atoms with Crippen molar-refractivity contribution in [2.75, 3.05) is 0 Å². The predicted molar refractivity (Wildman–Crippen MR) is 195 cm³/mol. The van der Waals surface area contributed by atoms with Crippen molar-refractivity contribution in [3.63, 3.8) is 0 Å². The van der Waals surface area contributed by atoms with Crippen molar-refractivity contribution >= 4 is 54.3 Å². The predicted octanol–water partition coefficient (Wildman–Crippen LogP) is 12.7. The van der Waals surface area contributed by atoms with Gasteiger partial charge in [-0.15, -0.1) is 0 Å². The summed E-state index contributed by atoms with van der Waals surface area (Å²) >= 11 is 0. The quantitative estimate of drug-likeness (QED) is 0.179. The molecule has 1 heteroatoms. The van der Waals surface area contributed by atoms with Crippen molar-refractivity contribution in [3.8, 4) is 33.4 Å². The second-order valence-corrected chi connectivity index (χ2v) is 11.9. The van der Waals surface area contributed by atoms with E-state index in [9.17, 15) is 9.60 Å². The van der Waals surface area contributed by atoms with Crippen LogP contribution in [0.5, 0.6) is 0 Å². The monoisotopic (exact) mass is 603 g/mol. The maximum absolute atomic E-state index is 9.88. The van der Waals surface area contributed by atoms with Gasteiger partial charge < -0.3 is 4.42 Å². The molecule has 9 aromatic rings. The molecule has 0 radical (unpaired) electrons. The van der Waals surface area contributed by atoms with E-state index in [1.54, 1.807) is 6.07 Å². The van der Waals surface area contributed by atoms with E-state index < -0.39 is 125 Å². The molecule has 0 amide bonds. The Kier molecular flexibility index (Phi) is 2.83. The largest absolute Gasteiger partial charge is 0.456 e. The van der Waals surface area contributed by atoms with Crippen LogP contribution in [0, 0.1) is 0 Å². The molecule has 1 nitrogen and oxygen atoms in total. The highest BCUT2D eigenvalue weighted by Gasteiger charge is 2.35. The van der Waals surface area contributed by atoms with Crippen LogP contribution in [0.25, 0.3) is 87.6 Å². The first-order valence-corrected chi connectivity index (χ1v) is 14.7. The Morgan fingerprint density at radius 1 is 0.522 bits per heavy atom. The summed E-state index contributed by atoms with van der Waals surface area (Å²) in [6.07, 6.45) is 0. The lowest BCUT2D eigenvalue weighted by Gasteiger charge is -2.23. The molecule has 0 unspecified atom stereocenters. The number of fused-ring (bicyclic) bond motifs is 10. The summed E-state index contributed by atoms with van der Waals surface area (Å²) in [7, 11) is 0. The fraction of sp³-hybridized carbons (Fsp3) is 0.0667. The van der Waals surface area contributed by atoms with Crippen LogP contribution >= 0.6 is 0 Å². The minimum atomic E-state index is -0.734. The molecule has 0 atom stereocenters. The van der Waals surface area contributed by atoms with E-state index in [4.69, 9.17) is 18.1 Å². The second-order valence-electron chi connectivity index (χ2n) is 11.9. The normalized spacial score (nSPS) is 18.8. The van der Waals surface area contributed by atoms with Crippen LogP contribution < -0.4 is 0 Å². The summed E-state index contributed by atoms with van der Waals surface area (Å²) < 4.78 is 160. The van der Waals surface area contributed by atoms with E-state index in [-0.39, 0.29) is 54.2 Å². The maximum atomic E-state index is 9.88. The Balaban J connectivity index is 1.47. The molecule has 1 aliphatic rings. The second kappa shape index (κ2) is 9.19. The summed E-state index contributed by atoms with van der Waals surface area (Å²) in [6.45, 7) is 4.09. The lowest BCUT2D eigenvalue weighted by molar-refractivity contribution is 0.660. The molecular weight excluding hydrogens is 556 g/mol. The van der Waals surface area contributed by atoms with Gasteiger partial charge in [0, 0.05) is 16.2 Å². The standard InChI is InChI=1S/C45H30O/c1-45(2)38-18-10-9-13-31(38)32-22-19-29(26-39(32)45)43-35-16-7-5-14-33(35)42(34-15-6-8-17-36(34)43)28-21-23-40-37(25-28)44-30-12-4-3-11-27(30)20-24-41(44)46-40/h3-26H,1-2H3/i3D,4D,5D,6D,7D,8D,11D,12D,14D,15D,16D,17D,20D,21D,23D,24D,25D. The van der Waals surface area contributed by atoms with Gasteiger partial charge in [0.25, 0.3) is 0 Å². The van der Waals surface area contributed by atoms with E-state index in [1.807, 2.05) is 50.2 Å². The SMILES string of the molecule is [2H]c1c(-c2c3c([2H])c([2H])c([2H])c([2H])c3c(-c3ccc4c(c3)C(C)(C)c3ccccc3-4)c3c([2H])c([2H])c([2H])c([2H])c23)c([2H])c2c(oc3c([2H])c([2H])c4c([2H])c([2H])c([2H])c([2H])c4c32)c1[2H]. The number of furan rings is 1. The molecule has 1 aromatic heterocycles. The van der Waals surface area contributed by atoms with Crippen molar-refractivity contribution < 1.29 is 27.7 Å². The van der Waals surface area contributed by atoms with Crippen LogP contribution in [0.15, 0.2) is 150 Å². The van der Waals surface area contributed by atoms with Crippen molar-refractivity contribution in [2.45, 2.75) is 19.3 Å². The van der Waals surface area contributed by atoms with Crippen LogP contribution in [-0.2, 0) is 5.41 Å². The molecule has 0 aliphatic heterocycles. The van der Waals surface area contributed by atoms with Gasteiger partial charge in [0.15, 0.2) is 0 Å². The number of benzene rings is 8. The van der Waals surface area contributed by atoms with Gasteiger partial charge in [0.1, 0.15) is 11.2 Å². The average molecular weight is 604 g/mol. The summed E-state index contributed by atoms with van der Waals surface area (Å²) in [4.78, 5) is 0. The number of hydrogen-bond donors (Lipinski definition) is 0. The zero-order valence-electron chi connectivity index (χ0n) is 41.4. The first-order valence-electron chi connectivity index (χ1n) is 23.2. The van der Waals surface area contributed by atoms with Gasteiger partial charge in [-0.3, -0.25) is 0 Å². The molecule has 8 aromatic carbocycles. The van der Waals surface area contributed by atoms with E-state index in [0.29, 0.717) is 5.56 Å². The third-order valence-corrected chi connectivity index (χ3v) is 9.19. The molecule has 1 aliphatic carbocycles. The summed E-state index contributed by atoms with van der Waals surface area (Å²) in [5.41, 5.74) is 2.00. The van der Waals surface area contributed by atoms with Gasteiger partial charge in [-0.2, -0.15) is 0 Å². The smallest absolute Gasteiger partial charge is 0.136 e. The Morgan fingerprint density at radius 3 is 1.87 bits per heavy atom. The highest BCUT2D eigenvalue weighted by Crippen LogP contribution is 2.51. The highest BCUT2D eigenvalue weighted by atomic mass is 16.3. The van der Waals surface area contributed by atoms with Crippen LogP contribution in [0.3, 0.4) is 0 Å². The van der Waals surface area contributed by atoms with Crippen LogP contribution in [0.2, 0.25) is 0 Å². The average Bonchev–Trinajstić information content (AvgIpc) is 3.77. The third kappa shape index (κ3) is 3.40. The highest BCUT2D eigenvalue weighted by molar-refractivity contribution is 6.23. The topological polar surface area (TPSA) is 13.1 Å². The van der Waals surface area contributed by atoms with Crippen LogP contribution in [-0.4, -0.2) is 0 Å². The third-order valence-electron chi connectivity index (χ3n) is 9.19. The van der Waals surface area contributed by atoms with Gasteiger partial charge in [0.2, 0.25) is 0 Å². The van der Waals surface area contributed by atoms with Crippen molar-refractivity contribution in [3.05, 3.63) is 156 Å². The summed E-state index contributed by atoms with van der Waals surface area (Å²) in [6, 6.07) is 2.25. The number of rotatable bonds is 2. The minimum absolute atomic E-state index is 0.0557. The molecule has 1 heterocycles. The van der Waals surface area contributed by atoms with Gasteiger partial charge in [-0.25, -0.2) is 0 Å². The van der Waals surface area contributed by atoms with E-state index in [1.165, 1.54) is 0 Å². The Labute approximate surface area is 291 Å². The Bertz CT molecular complexity index is 3600. The lowest BCUT2D eigenvalue weighted by atomic mass is 9.80. The van der Waals surface area contributed by atoms with Crippen LogP contribution in [0.1, 0.15) is 48.3 Å². The van der Waals surface area contributed by atoms with Gasteiger partial charge in [-0.05, 0) is 101 Å². The van der Waals surface area contributed by atoms with Gasteiger partial charge in [0.05, 0.1) is 23.3 Å². The molecule has 0 bridgehead atoms. The molecular formula is C45H30O. The Hall–Kier alpha value is -5.66. The molecule has 10 rings (SSSR count). The maximum Gasteiger partial charge on any atom is 0.136 e. The van der Waals surface area contributed by atoms with E-state index >= 15 is 0 Å². The molecule has 0 saturated heterocycles. The van der Waals surface area contributed by atoms with Crippen LogP contribution in [0.4, 0.5) is 0 Å². The van der Waals surface area contributed by atoms with Gasteiger partial charge >= 0.3 is 0 Å². The Morgan fingerprint density at radius 2 is 1.13 bits per heavy atom. The first kappa shape index (κ1) is 14.2. The number of hydrogen-bond acceptors (Lipinski definition) is 1. The minimum Gasteiger partial charge on any atom is -0.456 e. The molecule has 0 N–H and O–H groups in total. The zero-order chi connectivity index (χ0) is 45.4. The molecule has 0 spiro atoms. The van der Waals surface area contributed by atoms with Crippen molar-refractivity contribution in [1.82, 2.24) is 0 Å². The molecule has 216 valence electrons. The van der Waals surface area contributed by atoms with Crippen molar-refractivity contribution in [2.24, 2.45) is 0 Å². The summed E-state index contributed by atoms with van der Waals surface area (Å²) in [5.74, 6) is 0. The molecule has 46 heavy (non-hydrogen) atoms.